The van der Waals surface area contributed by atoms with Crippen LogP contribution in [0, 0.1) is 0 Å². The Kier molecular flexibility index (Phi) is 34.2. The molecule has 0 aliphatic heterocycles. The van der Waals surface area contributed by atoms with Crippen LogP contribution in [-0.4, -0.2) is 114 Å². The van der Waals surface area contributed by atoms with Crippen LogP contribution < -0.4 is 38.1 Å². The van der Waals surface area contributed by atoms with Crippen LogP contribution in [0.2, 0.25) is 0 Å². The fourth-order valence-electron chi connectivity index (χ4n) is 5.89. The molecule has 0 bridgehead atoms. The molecule has 0 aromatic rings. The third kappa shape index (κ3) is 29.1. The number of nitrogens with one attached hydrogen (secondary N) is 5. The van der Waals surface area contributed by atoms with Crippen molar-refractivity contribution in [1.29, 1.82) is 0 Å². The number of rotatable bonds is 37. The Hall–Kier alpha value is -3.15. The van der Waals surface area contributed by atoms with E-state index >= 15 is 0 Å². The lowest BCUT2D eigenvalue weighted by atomic mass is 10.0. The first-order valence-electron chi connectivity index (χ1n) is 20.9. The maximum atomic E-state index is 13.2. The van der Waals surface area contributed by atoms with E-state index in [1.807, 2.05) is 0 Å². The Bertz CT molecular complexity index is 1090. The SMILES string of the molecule is CCCCCCCCCCCCCCCCOC(=O)NCCSC[C@@H](NC(C)=O)C(=O)N[C@H](CO)C(=O)N[C@@H](CCCCN)C(=O)N[C@@H](CCCCN)C(=O)O. The van der Waals surface area contributed by atoms with Gasteiger partial charge in [0.25, 0.3) is 0 Å². The van der Waals surface area contributed by atoms with Crippen LogP contribution in [0.5, 0.6) is 0 Å². The molecule has 0 rings (SSSR count). The number of hydrogen-bond donors (Lipinski definition) is 9. The molecule has 0 spiro atoms. The average molecular weight is 818 g/mol. The van der Waals surface area contributed by atoms with Crippen LogP contribution in [0.1, 0.15) is 142 Å². The van der Waals surface area contributed by atoms with Crippen LogP contribution in [0.15, 0.2) is 0 Å². The van der Waals surface area contributed by atoms with Crippen molar-refractivity contribution in [1.82, 2.24) is 26.6 Å². The monoisotopic (exact) mass is 818 g/mol. The highest BCUT2D eigenvalue weighted by molar-refractivity contribution is 7.99. The number of ether oxygens (including phenoxy) is 1. The minimum atomic E-state index is -1.47. The smallest absolute Gasteiger partial charge is 0.407 e. The molecule has 5 amide bonds. The first-order valence-corrected chi connectivity index (χ1v) is 22.1. The van der Waals surface area contributed by atoms with Gasteiger partial charge in [-0.05, 0) is 58.0 Å². The Morgan fingerprint density at radius 3 is 1.57 bits per heavy atom. The molecule has 0 aromatic heterocycles. The Morgan fingerprint density at radius 1 is 0.607 bits per heavy atom. The van der Waals surface area contributed by atoms with E-state index in [0.717, 1.165) is 19.3 Å². The summed E-state index contributed by atoms with van der Waals surface area (Å²) in [4.78, 5) is 75.1. The number of carboxylic acids is 1. The van der Waals surface area contributed by atoms with Gasteiger partial charge in [-0.1, -0.05) is 90.4 Å². The molecule has 11 N–H and O–H groups in total. The van der Waals surface area contributed by atoms with Gasteiger partial charge in [0.15, 0.2) is 0 Å². The van der Waals surface area contributed by atoms with Gasteiger partial charge in [0.2, 0.25) is 23.6 Å². The molecule has 0 unspecified atom stereocenters. The summed E-state index contributed by atoms with van der Waals surface area (Å²) in [5, 5.41) is 32.1. The molecule has 4 atom stereocenters. The summed E-state index contributed by atoms with van der Waals surface area (Å²) in [5.74, 6) is -3.53. The third-order valence-corrected chi connectivity index (χ3v) is 10.2. The van der Waals surface area contributed by atoms with Crippen molar-refractivity contribution in [2.24, 2.45) is 11.5 Å². The summed E-state index contributed by atoms with van der Waals surface area (Å²) in [6.07, 6.45) is 19.3. The van der Waals surface area contributed by atoms with E-state index in [1.165, 1.54) is 89.3 Å². The highest BCUT2D eigenvalue weighted by Crippen LogP contribution is 2.13. The molecule has 56 heavy (non-hydrogen) atoms. The number of carbonyl (C=O) groups is 6. The molecule has 0 aromatic carbocycles. The van der Waals surface area contributed by atoms with Gasteiger partial charge in [0.1, 0.15) is 24.2 Å². The standard InChI is InChI=1S/C39H75N7O9S/c1-3-4-5-6-7-8-9-10-11-12-13-14-15-20-26-55-39(54)42-25-27-56-29-34(43-30(2)48)37(51)46-33(28-47)36(50)44-31(21-16-18-23-40)35(49)45-32(38(52)53)22-17-19-24-41/h31-34,47H,3-29,40-41H2,1-2H3,(H,42,54)(H,43,48)(H,44,50)(H,45,49)(H,46,51)(H,52,53)/t31-,32-,33+,34+/m0/s1. The minimum absolute atomic E-state index is 0.103. The average Bonchev–Trinajstić information content (AvgIpc) is 3.16. The molecule has 0 radical (unpaired) electrons. The zero-order valence-corrected chi connectivity index (χ0v) is 35.0. The lowest BCUT2D eigenvalue weighted by Gasteiger charge is -2.25. The second-order valence-electron chi connectivity index (χ2n) is 14.3. The largest absolute Gasteiger partial charge is 0.480 e. The van der Waals surface area contributed by atoms with Gasteiger partial charge in [0.05, 0.1) is 13.2 Å². The normalized spacial score (nSPS) is 13.2. The van der Waals surface area contributed by atoms with E-state index in [0.29, 0.717) is 51.1 Å². The fourth-order valence-corrected chi connectivity index (χ4v) is 6.77. The van der Waals surface area contributed by atoms with Crippen LogP contribution in [0.25, 0.3) is 0 Å². The topological polar surface area (TPSA) is 264 Å². The van der Waals surface area contributed by atoms with Gasteiger partial charge in [-0.3, -0.25) is 19.2 Å². The number of carbonyl (C=O) groups excluding carboxylic acids is 5. The summed E-state index contributed by atoms with van der Waals surface area (Å²) in [7, 11) is 0. The van der Waals surface area contributed by atoms with Crippen molar-refractivity contribution in [3.63, 3.8) is 0 Å². The zero-order chi connectivity index (χ0) is 41.8. The van der Waals surface area contributed by atoms with Gasteiger partial charge in [-0.2, -0.15) is 11.8 Å². The zero-order valence-electron chi connectivity index (χ0n) is 34.2. The molecular weight excluding hydrogens is 743 g/mol. The Morgan fingerprint density at radius 2 is 1.07 bits per heavy atom. The van der Waals surface area contributed by atoms with Crippen molar-refractivity contribution >= 4 is 47.5 Å². The van der Waals surface area contributed by atoms with E-state index in [-0.39, 0.29) is 25.1 Å². The fraction of sp³-hybridized carbons (Fsp3) is 0.846. The molecule has 17 heteroatoms. The van der Waals surface area contributed by atoms with Crippen LogP contribution in [0.4, 0.5) is 4.79 Å². The summed E-state index contributed by atoms with van der Waals surface area (Å²) in [6, 6.07) is -4.88. The highest BCUT2D eigenvalue weighted by atomic mass is 32.2. The van der Waals surface area contributed by atoms with Crippen LogP contribution >= 0.6 is 11.8 Å². The first kappa shape index (κ1) is 52.9. The molecular formula is C39H75N7O9S. The molecule has 0 saturated carbocycles. The quantitative estimate of drug-likeness (QED) is 0.0410. The number of aliphatic hydroxyl groups is 1. The molecule has 0 fully saturated rings. The molecule has 0 heterocycles. The van der Waals surface area contributed by atoms with Gasteiger partial charge in [0, 0.05) is 25.0 Å². The maximum absolute atomic E-state index is 13.2. The van der Waals surface area contributed by atoms with E-state index in [1.54, 1.807) is 0 Å². The summed E-state index contributed by atoms with van der Waals surface area (Å²) >= 11 is 1.28. The predicted octanol–water partition coefficient (Wildman–Crippen LogP) is 3.22. The third-order valence-electron chi connectivity index (χ3n) is 9.18. The number of hydrogen-bond acceptors (Lipinski definition) is 11. The number of aliphatic hydroxyl groups excluding tert-OH is 1. The maximum Gasteiger partial charge on any atom is 0.407 e. The summed E-state index contributed by atoms with van der Waals surface area (Å²) < 4.78 is 5.26. The number of thioether (sulfide) groups is 1. The number of alkyl carbamates (subject to hydrolysis) is 1. The minimum Gasteiger partial charge on any atom is -0.480 e. The van der Waals surface area contributed by atoms with Gasteiger partial charge < -0.3 is 53.0 Å². The number of unbranched alkanes of at least 4 members (excludes halogenated alkanes) is 15. The molecule has 16 nitrogen and oxygen atoms in total. The van der Waals surface area contributed by atoms with Gasteiger partial charge >= 0.3 is 12.1 Å². The molecule has 326 valence electrons. The summed E-state index contributed by atoms with van der Waals surface area (Å²) in [6.45, 7) is 4.00. The van der Waals surface area contributed by atoms with Gasteiger partial charge in [-0.25, -0.2) is 9.59 Å². The second kappa shape index (κ2) is 36.2. The number of carboxylic acid groups (broad SMARTS) is 1. The van der Waals surface area contributed by atoms with E-state index in [9.17, 15) is 39.0 Å². The lowest BCUT2D eigenvalue weighted by Crippen LogP contribution is -2.59. The van der Waals surface area contributed by atoms with Gasteiger partial charge in [-0.15, -0.1) is 0 Å². The lowest BCUT2D eigenvalue weighted by molar-refractivity contribution is -0.142. The second-order valence-corrected chi connectivity index (χ2v) is 15.4. The number of aliphatic carboxylic acids is 1. The van der Waals surface area contributed by atoms with Crippen LogP contribution in [0.3, 0.4) is 0 Å². The van der Waals surface area contributed by atoms with E-state index in [2.05, 4.69) is 33.5 Å². The van der Waals surface area contributed by atoms with E-state index < -0.39 is 66.5 Å². The van der Waals surface area contributed by atoms with Crippen molar-refractivity contribution in [2.45, 2.75) is 166 Å². The predicted molar refractivity (Wildman–Crippen MR) is 221 cm³/mol. The van der Waals surface area contributed by atoms with Crippen molar-refractivity contribution in [2.75, 3.05) is 44.4 Å². The highest BCUT2D eigenvalue weighted by Gasteiger charge is 2.30. The van der Waals surface area contributed by atoms with E-state index in [4.69, 9.17) is 16.2 Å². The molecule has 0 aliphatic carbocycles. The first-order chi connectivity index (χ1) is 27.0. The van der Waals surface area contributed by atoms with Crippen molar-refractivity contribution < 1.29 is 43.7 Å². The number of nitrogens with two attached hydrogens (primary N) is 2. The summed E-state index contributed by atoms with van der Waals surface area (Å²) in [5.41, 5.74) is 11.1. The van der Waals surface area contributed by atoms with Crippen LogP contribution in [-0.2, 0) is 28.7 Å². The molecule has 0 aliphatic rings. The van der Waals surface area contributed by atoms with Crippen molar-refractivity contribution in [3.05, 3.63) is 0 Å². The number of amides is 5. The van der Waals surface area contributed by atoms with Crippen molar-refractivity contribution in [3.8, 4) is 0 Å². The Labute approximate surface area is 339 Å². The Balaban J connectivity index is 4.65. The molecule has 0 saturated heterocycles.